The zero-order chi connectivity index (χ0) is 11.5. The lowest BCUT2D eigenvalue weighted by Crippen LogP contribution is -2.37. The number of anilines is 1. The molecule has 1 saturated heterocycles. The Morgan fingerprint density at radius 1 is 1.56 bits per heavy atom. The zero-order valence-corrected chi connectivity index (χ0v) is 11.2. The molecule has 0 bridgehead atoms. The first kappa shape index (κ1) is 12.0. The Morgan fingerprint density at radius 2 is 2.25 bits per heavy atom. The standard InChI is InChI=1S/C10H17N3OS2/c1-8(11-2)9-7-12-10(15-9)13-3-5-16(14)6-4-13/h7-8,11H,3-6H2,1-2H3. The van der Waals surface area contributed by atoms with Crippen LogP contribution in [0.5, 0.6) is 0 Å². The van der Waals surface area contributed by atoms with Crippen molar-refractivity contribution in [2.24, 2.45) is 0 Å². The van der Waals surface area contributed by atoms with Gasteiger partial charge >= 0.3 is 0 Å². The molecule has 1 N–H and O–H groups in total. The van der Waals surface area contributed by atoms with Crippen LogP contribution in [0.25, 0.3) is 0 Å². The maximum Gasteiger partial charge on any atom is 0.185 e. The van der Waals surface area contributed by atoms with Crippen LogP contribution in [0.2, 0.25) is 0 Å². The lowest BCUT2D eigenvalue weighted by molar-refractivity contribution is 0.662. The molecule has 1 aromatic rings. The van der Waals surface area contributed by atoms with Crippen molar-refractivity contribution in [3.8, 4) is 0 Å². The Morgan fingerprint density at radius 3 is 2.88 bits per heavy atom. The van der Waals surface area contributed by atoms with Crippen molar-refractivity contribution in [2.45, 2.75) is 13.0 Å². The average Bonchev–Trinajstić information content (AvgIpc) is 2.78. The molecule has 1 aliphatic heterocycles. The number of nitrogens with zero attached hydrogens (tertiary/aromatic N) is 2. The zero-order valence-electron chi connectivity index (χ0n) is 9.60. The van der Waals surface area contributed by atoms with Gasteiger partial charge in [-0.3, -0.25) is 4.21 Å². The largest absolute Gasteiger partial charge is 0.346 e. The van der Waals surface area contributed by atoms with Crippen molar-refractivity contribution in [3.63, 3.8) is 0 Å². The molecule has 0 aliphatic carbocycles. The molecule has 0 saturated carbocycles. The first-order valence-electron chi connectivity index (χ1n) is 5.43. The fourth-order valence-corrected chi connectivity index (χ4v) is 3.67. The van der Waals surface area contributed by atoms with Crippen LogP contribution in [-0.2, 0) is 10.8 Å². The van der Waals surface area contributed by atoms with Crippen LogP contribution in [0.4, 0.5) is 5.13 Å². The predicted octanol–water partition coefficient (Wildman–Crippen LogP) is 0.992. The summed E-state index contributed by atoms with van der Waals surface area (Å²) in [4.78, 5) is 7.93. The average molecular weight is 259 g/mol. The molecule has 2 heterocycles. The molecule has 16 heavy (non-hydrogen) atoms. The maximum atomic E-state index is 11.3. The van der Waals surface area contributed by atoms with E-state index >= 15 is 0 Å². The summed E-state index contributed by atoms with van der Waals surface area (Å²) < 4.78 is 11.3. The minimum Gasteiger partial charge on any atom is -0.346 e. The highest BCUT2D eigenvalue weighted by atomic mass is 32.2. The molecule has 1 aliphatic rings. The van der Waals surface area contributed by atoms with Crippen molar-refractivity contribution in [2.75, 3.05) is 36.5 Å². The Kier molecular flexibility index (Phi) is 3.94. The quantitative estimate of drug-likeness (QED) is 0.879. The summed E-state index contributed by atoms with van der Waals surface area (Å²) in [6.45, 7) is 3.86. The van der Waals surface area contributed by atoms with Crippen molar-refractivity contribution < 1.29 is 4.21 Å². The summed E-state index contributed by atoms with van der Waals surface area (Å²) in [6, 6.07) is 0.352. The molecule has 0 spiro atoms. The van der Waals surface area contributed by atoms with Crippen molar-refractivity contribution in [1.29, 1.82) is 0 Å². The molecule has 0 amide bonds. The summed E-state index contributed by atoms with van der Waals surface area (Å²) in [5.74, 6) is 1.55. The van der Waals surface area contributed by atoms with Gasteiger partial charge < -0.3 is 10.2 Å². The maximum absolute atomic E-state index is 11.3. The molecule has 1 unspecified atom stereocenters. The highest BCUT2D eigenvalue weighted by Gasteiger charge is 2.18. The minimum absolute atomic E-state index is 0.352. The fourth-order valence-electron chi connectivity index (χ4n) is 1.59. The van der Waals surface area contributed by atoms with Gasteiger partial charge in [0.15, 0.2) is 5.13 Å². The molecule has 1 fully saturated rings. The van der Waals surface area contributed by atoms with E-state index in [-0.39, 0.29) is 0 Å². The third kappa shape index (κ3) is 2.61. The lowest BCUT2D eigenvalue weighted by atomic mass is 10.3. The predicted molar refractivity (Wildman–Crippen MR) is 69.7 cm³/mol. The second kappa shape index (κ2) is 5.25. The van der Waals surface area contributed by atoms with Crippen LogP contribution in [0, 0.1) is 0 Å². The van der Waals surface area contributed by atoms with Gasteiger partial charge in [-0.15, -0.1) is 11.3 Å². The van der Waals surface area contributed by atoms with Gasteiger partial charge in [0, 0.05) is 52.5 Å². The van der Waals surface area contributed by atoms with E-state index in [1.165, 1.54) is 4.88 Å². The van der Waals surface area contributed by atoms with Gasteiger partial charge in [-0.25, -0.2) is 4.98 Å². The van der Waals surface area contributed by atoms with Gasteiger partial charge in [-0.1, -0.05) is 0 Å². The van der Waals surface area contributed by atoms with Gasteiger partial charge in [-0.05, 0) is 14.0 Å². The van der Waals surface area contributed by atoms with Crippen LogP contribution in [0.3, 0.4) is 0 Å². The highest BCUT2D eigenvalue weighted by Crippen LogP contribution is 2.27. The number of aromatic nitrogens is 1. The molecule has 1 aromatic heterocycles. The Labute approximate surface area is 103 Å². The number of hydrogen-bond donors (Lipinski definition) is 1. The van der Waals surface area contributed by atoms with Gasteiger partial charge in [0.2, 0.25) is 0 Å². The summed E-state index contributed by atoms with van der Waals surface area (Å²) in [7, 11) is 1.34. The molecule has 2 rings (SSSR count). The SMILES string of the molecule is CNC(C)c1cnc(N2CCS(=O)CC2)s1. The van der Waals surface area contributed by atoms with Crippen LogP contribution in [-0.4, -0.2) is 40.8 Å². The van der Waals surface area contributed by atoms with Crippen LogP contribution >= 0.6 is 11.3 Å². The first-order valence-corrected chi connectivity index (χ1v) is 7.74. The number of thiazole rings is 1. The molecule has 90 valence electrons. The van der Waals surface area contributed by atoms with E-state index in [0.717, 1.165) is 29.7 Å². The van der Waals surface area contributed by atoms with Crippen LogP contribution < -0.4 is 10.2 Å². The molecular weight excluding hydrogens is 242 g/mol. The van der Waals surface area contributed by atoms with Crippen molar-refractivity contribution in [3.05, 3.63) is 11.1 Å². The Bertz CT molecular complexity index is 370. The Hall–Kier alpha value is -0.460. The topological polar surface area (TPSA) is 45.2 Å². The first-order chi connectivity index (χ1) is 7.70. The summed E-state index contributed by atoms with van der Waals surface area (Å²) in [5.41, 5.74) is 0. The van der Waals surface area contributed by atoms with E-state index in [4.69, 9.17) is 0 Å². The van der Waals surface area contributed by atoms with E-state index in [1.807, 2.05) is 13.2 Å². The molecule has 6 heteroatoms. The summed E-state index contributed by atoms with van der Waals surface area (Å²) in [6.07, 6.45) is 1.94. The molecular formula is C10H17N3OS2. The highest BCUT2D eigenvalue weighted by molar-refractivity contribution is 7.85. The normalized spacial score (nSPS) is 20.0. The van der Waals surface area contributed by atoms with E-state index in [0.29, 0.717) is 6.04 Å². The Balaban J connectivity index is 2.04. The number of rotatable bonds is 3. The van der Waals surface area contributed by atoms with Gasteiger partial charge in [0.25, 0.3) is 0 Å². The van der Waals surface area contributed by atoms with E-state index < -0.39 is 10.8 Å². The molecule has 4 nitrogen and oxygen atoms in total. The third-order valence-corrected chi connectivity index (χ3v) is 5.34. The third-order valence-electron chi connectivity index (χ3n) is 2.82. The molecule has 0 aromatic carbocycles. The minimum atomic E-state index is -0.615. The van der Waals surface area contributed by atoms with Gasteiger partial charge in [-0.2, -0.15) is 0 Å². The van der Waals surface area contributed by atoms with E-state index in [9.17, 15) is 4.21 Å². The molecule has 1 atom stereocenters. The second-order valence-corrected chi connectivity index (χ2v) is 6.63. The smallest absolute Gasteiger partial charge is 0.185 e. The van der Waals surface area contributed by atoms with Crippen molar-refractivity contribution >= 4 is 27.3 Å². The van der Waals surface area contributed by atoms with E-state index in [2.05, 4.69) is 22.1 Å². The van der Waals surface area contributed by atoms with Crippen molar-refractivity contribution in [1.82, 2.24) is 10.3 Å². The van der Waals surface area contributed by atoms with Gasteiger partial charge in [0.05, 0.1) is 0 Å². The summed E-state index contributed by atoms with van der Waals surface area (Å²) in [5, 5.41) is 4.27. The number of nitrogens with one attached hydrogen (secondary N) is 1. The molecule has 0 radical (unpaired) electrons. The number of hydrogen-bond acceptors (Lipinski definition) is 5. The second-order valence-electron chi connectivity index (χ2n) is 3.89. The van der Waals surface area contributed by atoms with E-state index in [1.54, 1.807) is 11.3 Å². The van der Waals surface area contributed by atoms with Crippen LogP contribution in [0.15, 0.2) is 6.20 Å². The summed E-state index contributed by atoms with van der Waals surface area (Å²) >= 11 is 1.73. The van der Waals surface area contributed by atoms with Crippen LogP contribution in [0.1, 0.15) is 17.8 Å². The lowest BCUT2D eigenvalue weighted by Gasteiger charge is -2.25. The monoisotopic (exact) mass is 259 g/mol. The van der Waals surface area contributed by atoms with Gasteiger partial charge in [0.1, 0.15) is 0 Å². The fraction of sp³-hybridized carbons (Fsp3) is 0.700.